The second-order valence-corrected chi connectivity index (χ2v) is 5.41. The number of hydrogen-bond acceptors (Lipinski definition) is 2. The van der Waals surface area contributed by atoms with Gasteiger partial charge in [-0.15, -0.1) is 0 Å². The van der Waals surface area contributed by atoms with E-state index in [0.29, 0.717) is 5.41 Å². The van der Waals surface area contributed by atoms with Crippen molar-refractivity contribution in [2.45, 2.75) is 51.4 Å². The Morgan fingerprint density at radius 2 is 1.60 bits per heavy atom. The van der Waals surface area contributed by atoms with Crippen molar-refractivity contribution in [2.24, 2.45) is 10.8 Å². The highest BCUT2D eigenvalue weighted by Gasteiger charge is 2.51. The highest BCUT2D eigenvalue weighted by molar-refractivity contribution is 5.75. The minimum Gasteiger partial charge on any atom is -0.481 e. The van der Waals surface area contributed by atoms with Gasteiger partial charge in [0.2, 0.25) is 0 Å². The van der Waals surface area contributed by atoms with Gasteiger partial charge >= 0.3 is 5.97 Å². The number of hydrogen-bond donors (Lipinski definition) is 2. The van der Waals surface area contributed by atoms with Gasteiger partial charge in [-0.25, -0.2) is 0 Å². The molecule has 0 aromatic rings. The van der Waals surface area contributed by atoms with Crippen LogP contribution in [0.5, 0.6) is 0 Å². The van der Waals surface area contributed by atoms with Crippen LogP contribution < -0.4 is 0 Å². The maximum absolute atomic E-state index is 11.2. The van der Waals surface area contributed by atoms with Crippen LogP contribution in [-0.4, -0.2) is 22.8 Å². The molecule has 2 bridgehead atoms. The average Bonchev–Trinajstić information content (AvgIpc) is 2.29. The molecule has 0 aromatic carbocycles. The second kappa shape index (κ2) is 3.78. The Balaban J connectivity index is 2.01. The van der Waals surface area contributed by atoms with Gasteiger partial charge in [0.1, 0.15) is 0 Å². The molecule has 0 radical (unpaired) electrons. The van der Waals surface area contributed by atoms with Crippen LogP contribution in [0.1, 0.15) is 51.4 Å². The molecule has 3 heteroatoms. The van der Waals surface area contributed by atoms with Gasteiger partial charge in [-0.05, 0) is 56.8 Å². The molecule has 0 atom stereocenters. The third kappa shape index (κ3) is 1.78. The summed E-state index contributed by atoms with van der Waals surface area (Å²) in [6, 6.07) is 0. The zero-order valence-electron chi connectivity index (χ0n) is 9.17. The molecule has 15 heavy (non-hydrogen) atoms. The van der Waals surface area contributed by atoms with E-state index in [-0.39, 0.29) is 12.0 Å². The molecule has 3 fully saturated rings. The molecule has 0 amide bonds. The zero-order chi connectivity index (χ0) is 10.9. The summed E-state index contributed by atoms with van der Waals surface area (Å²) < 4.78 is 0. The summed E-state index contributed by atoms with van der Waals surface area (Å²) in [6.07, 6.45) is 7.69. The van der Waals surface area contributed by atoms with E-state index in [1.54, 1.807) is 0 Å². The molecule has 0 heterocycles. The molecule has 0 aliphatic heterocycles. The van der Waals surface area contributed by atoms with Crippen LogP contribution in [0.2, 0.25) is 0 Å². The molecule has 0 spiro atoms. The first-order chi connectivity index (χ1) is 7.13. The first kappa shape index (κ1) is 10.9. The van der Waals surface area contributed by atoms with Crippen molar-refractivity contribution >= 4 is 5.97 Å². The van der Waals surface area contributed by atoms with E-state index in [9.17, 15) is 9.90 Å². The number of aliphatic hydroxyl groups is 1. The van der Waals surface area contributed by atoms with E-state index >= 15 is 0 Å². The Kier molecular flexibility index (Phi) is 2.75. The van der Waals surface area contributed by atoms with E-state index < -0.39 is 5.97 Å². The normalized spacial score (nSPS) is 39.3. The van der Waals surface area contributed by atoms with Gasteiger partial charge < -0.3 is 10.2 Å². The van der Waals surface area contributed by atoms with Crippen molar-refractivity contribution in [3.05, 3.63) is 0 Å². The Bertz CT molecular complexity index is 235. The lowest BCUT2D eigenvalue weighted by Crippen LogP contribution is -2.45. The van der Waals surface area contributed by atoms with Crippen molar-refractivity contribution in [3.63, 3.8) is 0 Å². The van der Waals surface area contributed by atoms with Crippen LogP contribution in [0.25, 0.3) is 0 Å². The van der Waals surface area contributed by atoms with Crippen molar-refractivity contribution in [3.8, 4) is 0 Å². The van der Waals surface area contributed by atoms with Crippen molar-refractivity contribution < 1.29 is 15.0 Å². The van der Waals surface area contributed by atoms with Crippen LogP contribution >= 0.6 is 0 Å². The van der Waals surface area contributed by atoms with E-state index in [4.69, 9.17) is 5.11 Å². The molecule has 0 unspecified atom stereocenters. The number of rotatable bonds is 4. The zero-order valence-corrected chi connectivity index (χ0v) is 9.17. The highest BCUT2D eigenvalue weighted by atomic mass is 16.4. The quantitative estimate of drug-likeness (QED) is 0.751. The monoisotopic (exact) mass is 212 g/mol. The lowest BCUT2D eigenvalue weighted by atomic mass is 9.52. The van der Waals surface area contributed by atoms with Crippen molar-refractivity contribution in [1.29, 1.82) is 0 Å². The summed E-state index contributed by atoms with van der Waals surface area (Å²) in [6.45, 7) is 0.270. The number of fused-ring (bicyclic) bond motifs is 3. The third-order valence-electron chi connectivity index (χ3n) is 4.72. The van der Waals surface area contributed by atoms with Gasteiger partial charge in [-0.1, -0.05) is 0 Å². The van der Waals surface area contributed by atoms with Gasteiger partial charge in [-0.2, -0.15) is 0 Å². The number of aliphatic carboxylic acids is 1. The fourth-order valence-electron chi connectivity index (χ4n) is 3.41. The number of carboxylic acid groups (broad SMARTS) is 1. The molecule has 3 saturated carbocycles. The van der Waals surface area contributed by atoms with Gasteiger partial charge in [0, 0.05) is 6.61 Å². The third-order valence-corrected chi connectivity index (χ3v) is 4.72. The van der Waals surface area contributed by atoms with Crippen LogP contribution in [0.15, 0.2) is 0 Å². The molecular weight excluding hydrogens is 192 g/mol. The minimum absolute atomic E-state index is 0.270. The molecule has 3 nitrogen and oxygen atoms in total. The smallest absolute Gasteiger partial charge is 0.309 e. The molecule has 86 valence electrons. The summed E-state index contributed by atoms with van der Waals surface area (Å²) in [5.74, 6) is -0.585. The highest BCUT2D eigenvalue weighted by Crippen LogP contribution is 2.58. The Hall–Kier alpha value is -0.570. The molecule has 3 aliphatic rings. The van der Waals surface area contributed by atoms with E-state index in [1.165, 1.54) is 0 Å². The molecule has 3 rings (SSSR count). The van der Waals surface area contributed by atoms with Crippen LogP contribution in [-0.2, 0) is 4.79 Å². The molecule has 0 saturated heterocycles. The molecule has 3 aliphatic carbocycles. The van der Waals surface area contributed by atoms with Gasteiger partial charge in [0.05, 0.1) is 5.41 Å². The lowest BCUT2D eigenvalue weighted by Gasteiger charge is -2.51. The fraction of sp³-hybridized carbons (Fsp3) is 0.917. The lowest BCUT2D eigenvalue weighted by molar-refractivity contribution is -0.159. The Morgan fingerprint density at radius 3 is 2.00 bits per heavy atom. The predicted octanol–water partition coefficient (Wildman–Crippen LogP) is 2.18. The summed E-state index contributed by atoms with van der Waals surface area (Å²) >= 11 is 0. The maximum atomic E-state index is 11.2. The van der Waals surface area contributed by atoms with E-state index in [1.807, 2.05) is 0 Å². The standard InChI is InChI=1S/C12H20O3/c13-9-1-2-11-3-6-12(7-4-11,8-5-11)10(14)15/h13H,1-9H2,(H,14,15). The van der Waals surface area contributed by atoms with E-state index in [2.05, 4.69) is 0 Å². The minimum atomic E-state index is -0.585. The predicted molar refractivity (Wildman–Crippen MR) is 56.5 cm³/mol. The summed E-state index contributed by atoms with van der Waals surface area (Å²) in [7, 11) is 0. The second-order valence-electron chi connectivity index (χ2n) is 5.41. The summed E-state index contributed by atoms with van der Waals surface area (Å²) in [5, 5.41) is 18.1. The largest absolute Gasteiger partial charge is 0.481 e. The summed E-state index contributed by atoms with van der Waals surface area (Å²) in [5.41, 5.74) is -0.0130. The number of carboxylic acids is 1. The van der Waals surface area contributed by atoms with Crippen molar-refractivity contribution in [2.75, 3.05) is 6.61 Å². The molecular formula is C12H20O3. The van der Waals surface area contributed by atoms with E-state index in [0.717, 1.165) is 51.4 Å². The topological polar surface area (TPSA) is 57.5 Å². The fourth-order valence-corrected chi connectivity index (χ4v) is 3.41. The SMILES string of the molecule is O=C(O)C12CCC(CCCO)(CC1)CC2. The van der Waals surface area contributed by atoms with Gasteiger partial charge in [0.15, 0.2) is 0 Å². The molecule has 0 aromatic heterocycles. The van der Waals surface area contributed by atoms with Crippen LogP contribution in [0.3, 0.4) is 0 Å². The van der Waals surface area contributed by atoms with Crippen molar-refractivity contribution in [1.82, 2.24) is 0 Å². The van der Waals surface area contributed by atoms with Gasteiger partial charge in [0.25, 0.3) is 0 Å². The molecule has 2 N–H and O–H groups in total. The number of aliphatic hydroxyl groups excluding tert-OH is 1. The van der Waals surface area contributed by atoms with Gasteiger partial charge in [-0.3, -0.25) is 4.79 Å². The maximum Gasteiger partial charge on any atom is 0.309 e. The van der Waals surface area contributed by atoms with Crippen LogP contribution in [0, 0.1) is 10.8 Å². The van der Waals surface area contributed by atoms with Crippen LogP contribution in [0.4, 0.5) is 0 Å². The first-order valence-corrected chi connectivity index (χ1v) is 5.97. The summed E-state index contributed by atoms with van der Waals surface area (Å²) in [4.78, 5) is 11.2. The first-order valence-electron chi connectivity index (χ1n) is 5.97. The Labute approximate surface area is 90.5 Å². The number of carbonyl (C=O) groups is 1. The average molecular weight is 212 g/mol. The Morgan fingerprint density at radius 1 is 1.07 bits per heavy atom.